The van der Waals surface area contributed by atoms with E-state index in [4.69, 9.17) is 0 Å². The van der Waals surface area contributed by atoms with Gasteiger partial charge in [0.25, 0.3) is 0 Å². The predicted molar refractivity (Wildman–Crippen MR) is 105 cm³/mol. The lowest BCUT2D eigenvalue weighted by molar-refractivity contribution is -0.129. The van der Waals surface area contributed by atoms with Crippen molar-refractivity contribution in [3.05, 3.63) is 0 Å². The lowest BCUT2D eigenvalue weighted by atomic mass is 10.1. The Hall–Kier alpha value is -0.600. The Morgan fingerprint density at radius 1 is 1.24 bits per heavy atom. The van der Waals surface area contributed by atoms with Crippen LogP contribution < -0.4 is 10.6 Å². The first-order chi connectivity index (χ1) is 11.1. The first-order valence-electron chi connectivity index (χ1n) is 8.69. The van der Waals surface area contributed by atoms with Gasteiger partial charge in [0, 0.05) is 58.8 Å². The van der Waals surface area contributed by atoms with E-state index in [1.54, 1.807) is 0 Å². The van der Waals surface area contributed by atoms with Gasteiger partial charge in [0.2, 0.25) is 11.8 Å². The van der Waals surface area contributed by atoms with Gasteiger partial charge < -0.3 is 25.3 Å². The van der Waals surface area contributed by atoms with Crippen LogP contribution in [0.15, 0.2) is 0 Å². The van der Waals surface area contributed by atoms with Crippen molar-refractivity contribution >= 4 is 36.6 Å². The molecule has 0 aliphatic carbocycles. The highest BCUT2D eigenvalue weighted by molar-refractivity contribution is 5.89. The van der Waals surface area contributed by atoms with Crippen molar-refractivity contribution in [1.29, 1.82) is 0 Å². The molecule has 0 radical (unpaired) electrons. The number of nitrogens with one attached hydrogen (secondary N) is 2. The molecule has 0 aromatic heterocycles. The summed E-state index contributed by atoms with van der Waals surface area (Å²) in [7, 11) is 3.98. The fraction of sp³-hybridized carbons (Fsp3) is 0.875. The van der Waals surface area contributed by atoms with E-state index < -0.39 is 0 Å². The van der Waals surface area contributed by atoms with Crippen LogP contribution in [0.2, 0.25) is 0 Å². The Kier molecular flexibility index (Phi) is 12.4. The molecule has 0 aromatic carbocycles. The summed E-state index contributed by atoms with van der Waals surface area (Å²) in [6, 6.07) is 0. The molecule has 2 N–H and O–H groups in total. The minimum Gasteiger partial charge on any atom is -0.356 e. The van der Waals surface area contributed by atoms with Crippen LogP contribution in [0.3, 0.4) is 0 Å². The molecule has 2 aliphatic rings. The van der Waals surface area contributed by atoms with Gasteiger partial charge in [-0.3, -0.25) is 9.59 Å². The molecule has 2 saturated heterocycles. The molecular weight excluding hydrogens is 365 g/mol. The van der Waals surface area contributed by atoms with Crippen LogP contribution >= 0.6 is 24.8 Å². The largest absolute Gasteiger partial charge is 0.356 e. The standard InChI is InChI=1S/C16H31N5O2.2ClH/c1-19(2)10-11-21-13-14(12-15(21)22)16(23)18-4-3-7-20-8-5-17-6-9-20;;/h14,17H,3-13H2,1-2H3,(H,18,23);2*1H. The van der Waals surface area contributed by atoms with Gasteiger partial charge in [0.15, 0.2) is 0 Å². The van der Waals surface area contributed by atoms with Crippen LogP contribution in [0.25, 0.3) is 0 Å². The number of likely N-dealkylation sites (tertiary alicyclic amines) is 1. The maximum absolute atomic E-state index is 12.2. The Bertz CT molecular complexity index is 406. The number of likely N-dealkylation sites (N-methyl/N-ethyl adjacent to an activating group) is 1. The molecule has 2 amide bonds. The highest BCUT2D eigenvalue weighted by atomic mass is 35.5. The van der Waals surface area contributed by atoms with Gasteiger partial charge in [-0.25, -0.2) is 0 Å². The zero-order valence-electron chi connectivity index (χ0n) is 15.3. The van der Waals surface area contributed by atoms with E-state index >= 15 is 0 Å². The molecule has 2 fully saturated rings. The van der Waals surface area contributed by atoms with Gasteiger partial charge in [0.1, 0.15) is 0 Å². The molecule has 0 saturated carbocycles. The zero-order valence-corrected chi connectivity index (χ0v) is 17.0. The third-order valence-electron chi connectivity index (χ3n) is 4.56. The monoisotopic (exact) mass is 397 g/mol. The summed E-state index contributed by atoms with van der Waals surface area (Å²) >= 11 is 0. The predicted octanol–water partition coefficient (Wildman–Crippen LogP) is -0.348. The normalized spacial score (nSPS) is 21.0. The van der Waals surface area contributed by atoms with E-state index in [0.29, 0.717) is 26.1 Å². The van der Waals surface area contributed by atoms with Crippen LogP contribution in [0.5, 0.6) is 0 Å². The van der Waals surface area contributed by atoms with Crippen molar-refractivity contribution in [2.24, 2.45) is 5.92 Å². The number of rotatable bonds is 8. The van der Waals surface area contributed by atoms with Crippen molar-refractivity contribution in [3.8, 4) is 0 Å². The molecule has 25 heavy (non-hydrogen) atoms. The van der Waals surface area contributed by atoms with E-state index in [2.05, 4.69) is 20.4 Å². The summed E-state index contributed by atoms with van der Waals surface area (Å²) in [5, 5.41) is 6.33. The van der Waals surface area contributed by atoms with E-state index in [-0.39, 0.29) is 42.5 Å². The third-order valence-corrected chi connectivity index (χ3v) is 4.56. The Morgan fingerprint density at radius 3 is 2.56 bits per heavy atom. The fourth-order valence-corrected chi connectivity index (χ4v) is 3.08. The second-order valence-corrected chi connectivity index (χ2v) is 6.78. The van der Waals surface area contributed by atoms with Gasteiger partial charge in [0.05, 0.1) is 5.92 Å². The lowest BCUT2D eigenvalue weighted by Crippen LogP contribution is -2.44. The summed E-state index contributed by atoms with van der Waals surface area (Å²) < 4.78 is 0. The number of hydrogen-bond acceptors (Lipinski definition) is 5. The maximum atomic E-state index is 12.2. The van der Waals surface area contributed by atoms with Crippen molar-refractivity contribution in [2.45, 2.75) is 12.8 Å². The van der Waals surface area contributed by atoms with E-state index in [1.807, 2.05) is 19.0 Å². The first kappa shape index (κ1) is 24.4. The summed E-state index contributed by atoms with van der Waals surface area (Å²) in [5.41, 5.74) is 0. The zero-order chi connectivity index (χ0) is 16.7. The molecule has 0 bridgehead atoms. The van der Waals surface area contributed by atoms with Gasteiger partial charge in [-0.15, -0.1) is 24.8 Å². The molecule has 0 aromatic rings. The summed E-state index contributed by atoms with van der Waals surface area (Å²) in [5.74, 6) is -0.0392. The molecule has 148 valence electrons. The average molecular weight is 398 g/mol. The number of carbonyl (C=O) groups excluding carboxylic acids is 2. The fourth-order valence-electron chi connectivity index (χ4n) is 3.08. The van der Waals surface area contributed by atoms with Gasteiger partial charge in [-0.05, 0) is 27.1 Å². The molecule has 9 heteroatoms. The summed E-state index contributed by atoms with van der Waals surface area (Å²) in [6.07, 6.45) is 1.33. The highest BCUT2D eigenvalue weighted by Gasteiger charge is 2.33. The highest BCUT2D eigenvalue weighted by Crippen LogP contribution is 2.17. The van der Waals surface area contributed by atoms with E-state index in [1.165, 1.54) is 0 Å². The van der Waals surface area contributed by atoms with Crippen LogP contribution in [-0.2, 0) is 9.59 Å². The molecular formula is C16H33Cl2N5O2. The number of hydrogen-bond donors (Lipinski definition) is 2. The second kappa shape index (κ2) is 12.7. The molecule has 7 nitrogen and oxygen atoms in total. The minimum absolute atomic E-state index is 0. The lowest BCUT2D eigenvalue weighted by Gasteiger charge is -2.27. The molecule has 2 rings (SSSR count). The first-order valence-corrected chi connectivity index (χ1v) is 8.69. The topological polar surface area (TPSA) is 67.9 Å². The van der Waals surface area contributed by atoms with E-state index in [9.17, 15) is 9.59 Å². The molecule has 1 unspecified atom stereocenters. The Morgan fingerprint density at radius 2 is 1.92 bits per heavy atom. The summed E-state index contributed by atoms with van der Waals surface area (Å²) in [6.45, 7) is 8.13. The number of piperazine rings is 1. The quantitative estimate of drug-likeness (QED) is 0.548. The third kappa shape index (κ3) is 8.55. The van der Waals surface area contributed by atoms with Crippen LogP contribution in [0.1, 0.15) is 12.8 Å². The molecule has 2 aliphatic heterocycles. The van der Waals surface area contributed by atoms with Crippen LogP contribution in [0, 0.1) is 5.92 Å². The number of nitrogens with zero attached hydrogens (tertiary/aromatic N) is 3. The van der Waals surface area contributed by atoms with Crippen LogP contribution in [-0.4, -0.2) is 99.5 Å². The van der Waals surface area contributed by atoms with Crippen LogP contribution in [0.4, 0.5) is 0 Å². The Labute approximate surface area is 163 Å². The number of carbonyl (C=O) groups is 2. The summed E-state index contributed by atoms with van der Waals surface area (Å²) in [4.78, 5) is 30.4. The number of amides is 2. The van der Waals surface area contributed by atoms with Crippen molar-refractivity contribution in [1.82, 2.24) is 25.3 Å². The molecule has 1 atom stereocenters. The number of halogens is 2. The van der Waals surface area contributed by atoms with Gasteiger partial charge >= 0.3 is 0 Å². The Balaban J connectivity index is 0.00000288. The van der Waals surface area contributed by atoms with Gasteiger partial charge in [-0.2, -0.15) is 0 Å². The van der Waals surface area contributed by atoms with Crippen molar-refractivity contribution in [3.63, 3.8) is 0 Å². The maximum Gasteiger partial charge on any atom is 0.225 e. The second-order valence-electron chi connectivity index (χ2n) is 6.78. The average Bonchev–Trinajstić information content (AvgIpc) is 2.91. The SMILES string of the molecule is CN(C)CCN1CC(C(=O)NCCCN2CCNCC2)CC1=O.Cl.Cl. The minimum atomic E-state index is -0.177. The van der Waals surface area contributed by atoms with Crippen molar-refractivity contribution < 1.29 is 9.59 Å². The van der Waals surface area contributed by atoms with Crippen molar-refractivity contribution in [2.75, 3.05) is 73.0 Å². The molecule has 2 heterocycles. The van der Waals surface area contributed by atoms with E-state index in [0.717, 1.165) is 45.7 Å². The molecule has 0 spiro atoms. The van der Waals surface area contributed by atoms with Gasteiger partial charge in [-0.1, -0.05) is 0 Å². The smallest absolute Gasteiger partial charge is 0.225 e.